The van der Waals surface area contributed by atoms with Crippen molar-refractivity contribution in [2.24, 2.45) is 0 Å². The lowest BCUT2D eigenvalue weighted by molar-refractivity contribution is -0.143. The fourth-order valence-corrected chi connectivity index (χ4v) is 1.60. The van der Waals surface area contributed by atoms with Gasteiger partial charge in [0.15, 0.2) is 0 Å². The van der Waals surface area contributed by atoms with Crippen LogP contribution in [-0.2, 0) is 16.0 Å². The average molecular weight is 275 g/mol. The first kappa shape index (κ1) is 12.2. The fourth-order valence-electron chi connectivity index (χ4n) is 1.17. The summed E-state index contributed by atoms with van der Waals surface area (Å²) in [6.45, 7) is 2.17. The number of hydrogen-bond acceptors (Lipinski definition) is 2. The Balaban J connectivity index is 2.51. The molecule has 15 heavy (non-hydrogen) atoms. The second-order valence-electron chi connectivity index (χ2n) is 3.05. The van der Waals surface area contributed by atoms with Crippen LogP contribution in [0.1, 0.15) is 18.9 Å². The standard InChI is InChI=1S/C11H12BrFO2/c1-2-15-11(14)6-4-8-3-5-10(13)9(12)7-8/h3,5,7H,2,4,6H2,1H3. The van der Waals surface area contributed by atoms with E-state index in [1.54, 1.807) is 19.1 Å². The Morgan fingerprint density at radius 3 is 2.87 bits per heavy atom. The van der Waals surface area contributed by atoms with E-state index in [1.807, 2.05) is 0 Å². The molecule has 0 amide bonds. The van der Waals surface area contributed by atoms with Crippen LogP contribution in [-0.4, -0.2) is 12.6 Å². The molecule has 0 aliphatic rings. The average Bonchev–Trinajstić information content (AvgIpc) is 2.20. The Kier molecular flexibility index (Phi) is 4.75. The van der Waals surface area contributed by atoms with Crippen LogP contribution in [0.5, 0.6) is 0 Å². The van der Waals surface area contributed by atoms with E-state index in [4.69, 9.17) is 4.74 Å². The van der Waals surface area contributed by atoms with Crippen LogP contribution >= 0.6 is 15.9 Å². The maximum absolute atomic E-state index is 12.9. The lowest BCUT2D eigenvalue weighted by Crippen LogP contribution is -2.05. The van der Waals surface area contributed by atoms with Crippen LogP contribution in [0.15, 0.2) is 22.7 Å². The topological polar surface area (TPSA) is 26.3 Å². The molecule has 1 aromatic rings. The molecule has 0 bridgehead atoms. The van der Waals surface area contributed by atoms with E-state index in [-0.39, 0.29) is 11.8 Å². The Morgan fingerprint density at radius 2 is 2.27 bits per heavy atom. The number of esters is 1. The molecule has 0 aromatic heterocycles. The summed E-state index contributed by atoms with van der Waals surface area (Å²) in [7, 11) is 0. The van der Waals surface area contributed by atoms with Crippen LogP contribution in [0.3, 0.4) is 0 Å². The van der Waals surface area contributed by atoms with Gasteiger partial charge < -0.3 is 4.74 Å². The van der Waals surface area contributed by atoms with Gasteiger partial charge in [0.05, 0.1) is 11.1 Å². The normalized spacial score (nSPS) is 10.1. The highest BCUT2D eigenvalue weighted by atomic mass is 79.9. The summed E-state index contributed by atoms with van der Waals surface area (Å²) in [5, 5.41) is 0. The van der Waals surface area contributed by atoms with Crippen LogP contribution in [0.25, 0.3) is 0 Å². The number of halogens is 2. The monoisotopic (exact) mass is 274 g/mol. The van der Waals surface area contributed by atoms with Gasteiger partial charge in [0.2, 0.25) is 0 Å². The van der Waals surface area contributed by atoms with Crippen LogP contribution in [0.2, 0.25) is 0 Å². The van der Waals surface area contributed by atoms with E-state index >= 15 is 0 Å². The number of carbonyl (C=O) groups excluding carboxylic acids is 1. The minimum absolute atomic E-state index is 0.224. The first-order valence-electron chi connectivity index (χ1n) is 4.73. The summed E-state index contributed by atoms with van der Waals surface area (Å²) in [6.07, 6.45) is 0.892. The number of carbonyl (C=O) groups is 1. The molecular formula is C11H12BrFO2. The highest BCUT2D eigenvalue weighted by Crippen LogP contribution is 2.17. The van der Waals surface area contributed by atoms with Gasteiger partial charge in [-0.1, -0.05) is 6.07 Å². The van der Waals surface area contributed by atoms with E-state index in [1.165, 1.54) is 6.07 Å². The smallest absolute Gasteiger partial charge is 0.306 e. The number of aryl methyl sites for hydroxylation is 1. The van der Waals surface area contributed by atoms with Crippen molar-refractivity contribution in [3.63, 3.8) is 0 Å². The first-order valence-corrected chi connectivity index (χ1v) is 5.52. The highest BCUT2D eigenvalue weighted by Gasteiger charge is 2.04. The van der Waals surface area contributed by atoms with E-state index in [2.05, 4.69) is 15.9 Å². The molecule has 0 radical (unpaired) electrons. The third-order valence-corrected chi connectivity index (χ3v) is 2.51. The summed E-state index contributed by atoms with van der Waals surface area (Å²) >= 11 is 3.09. The number of rotatable bonds is 4. The van der Waals surface area contributed by atoms with Gasteiger partial charge in [-0.25, -0.2) is 4.39 Å². The number of ether oxygens (including phenoxy) is 1. The van der Waals surface area contributed by atoms with Crippen molar-refractivity contribution >= 4 is 21.9 Å². The Labute approximate surface area is 96.6 Å². The molecule has 82 valence electrons. The molecule has 0 fully saturated rings. The molecule has 0 saturated carbocycles. The van der Waals surface area contributed by atoms with Gasteiger partial charge in [-0.3, -0.25) is 4.79 Å². The van der Waals surface area contributed by atoms with Crippen LogP contribution in [0.4, 0.5) is 4.39 Å². The number of hydrogen-bond donors (Lipinski definition) is 0. The minimum atomic E-state index is -0.296. The third kappa shape index (κ3) is 4.00. The molecule has 0 spiro atoms. The zero-order valence-corrected chi connectivity index (χ0v) is 10.0. The summed E-state index contributed by atoms with van der Waals surface area (Å²) in [6, 6.07) is 4.72. The van der Waals surface area contributed by atoms with E-state index in [0.717, 1.165) is 5.56 Å². The summed E-state index contributed by atoms with van der Waals surface area (Å²) in [5.74, 6) is -0.521. The van der Waals surface area contributed by atoms with Crippen molar-refractivity contribution in [2.75, 3.05) is 6.61 Å². The van der Waals surface area contributed by atoms with Gasteiger partial charge in [-0.15, -0.1) is 0 Å². The second-order valence-corrected chi connectivity index (χ2v) is 3.91. The lowest BCUT2D eigenvalue weighted by atomic mass is 10.1. The van der Waals surface area contributed by atoms with Crippen molar-refractivity contribution in [3.8, 4) is 0 Å². The summed E-state index contributed by atoms with van der Waals surface area (Å²) < 4.78 is 18.1. The third-order valence-electron chi connectivity index (χ3n) is 1.91. The van der Waals surface area contributed by atoms with Gasteiger partial charge in [0, 0.05) is 6.42 Å². The van der Waals surface area contributed by atoms with Gasteiger partial charge >= 0.3 is 5.97 Å². The van der Waals surface area contributed by atoms with Crippen molar-refractivity contribution in [1.29, 1.82) is 0 Å². The molecule has 0 N–H and O–H groups in total. The predicted octanol–water partition coefficient (Wildman–Crippen LogP) is 3.08. The van der Waals surface area contributed by atoms with Crippen LogP contribution < -0.4 is 0 Å². The Bertz CT molecular complexity index is 352. The maximum Gasteiger partial charge on any atom is 0.306 e. The molecule has 0 saturated heterocycles. The van der Waals surface area contributed by atoms with Crippen LogP contribution in [0, 0.1) is 5.82 Å². The molecule has 1 rings (SSSR count). The molecular weight excluding hydrogens is 263 g/mol. The van der Waals surface area contributed by atoms with Crippen molar-refractivity contribution in [2.45, 2.75) is 19.8 Å². The predicted molar refractivity (Wildman–Crippen MR) is 59.1 cm³/mol. The van der Waals surface area contributed by atoms with Gasteiger partial charge in [-0.2, -0.15) is 0 Å². The molecule has 2 nitrogen and oxygen atoms in total. The molecule has 0 atom stereocenters. The van der Waals surface area contributed by atoms with Crippen molar-refractivity contribution in [1.82, 2.24) is 0 Å². The van der Waals surface area contributed by atoms with E-state index in [9.17, 15) is 9.18 Å². The largest absolute Gasteiger partial charge is 0.466 e. The second kappa shape index (κ2) is 5.85. The Hall–Kier alpha value is -0.900. The molecule has 0 heterocycles. The molecule has 4 heteroatoms. The maximum atomic E-state index is 12.9. The molecule has 0 aliphatic carbocycles. The molecule has 0 unspecified atom stereocenters. The summed E-state index contributed by atoms with van der Waals surface area (Å²) in [4.78, 5) is 11.1. The quantitative estimate of drug-likeness (QED) is 0.789. The SMILES string of the molecule is CCOC(=O)CCc1ccc(F)c(Br)c1. The highest BCUT2D eigenvalue weighted by molar-refractivity contribution is 9.10. The molecule has 1 aromatic carbocycles. The lowest BCUT2D eigenvalue weighted by Gasteiger charge is -2.03. The van der Waals surface area contributed by atoms with Gasteiger partial charge in [0.1, 0.15) is 5.82 Å². The first-order chi connectivity index (χ1) is 7.13. The zero-order chi connectivity index (χ0) is 11.3. The number of benzene rings is 1. The van der Waals surface area contributed by atoms with E-state index < -0.39 is 0 Å². The van der Waals surface area contributed by atoms with Gasteiger partial charge in [-0.05, 0) is 47.0 Å². The summed E-state index contributed by atoms with van der Waals surface area (Å²) in [5.41, 5.74) is 0.913. The molecule has 0 aliphatic heterocycles. The zero-order valence-electron chi connectivity index (χ0n) is 8.43. The Morgan fingerprint density at radius 1 is 1.53 bits per heavy atom. The fraction of sp³-hybridized carbons (Fsp3) is 0.364. The van der Waals surface area contributed by atoms with Crippen molar-refractivity contribution in [3.05, 3.63) is 34.1 Å². The van der Waals surface area contributed by atoms with E-state index in [0.29, 0.717) is 23.9 Å². The van der Waals surface area contributed by atoms with Crippen molar-refractivity contribution < 1.29 is 13.9 Å². The van der Waals surface area contributed by atoms with Gasteiger partial charge in [0.25, 0.3) is 0 Å². The minimum Gasteiger partial charge on any atom is -0.466 e.